The zero-order chi connectivity index (χ0) is 21.3. The number of imidazole rings is 1. The minimum absolute atomic E-state index is 0.149. The number of piperidine rings is 1. The van der Waals surface area contributed by atoms with Gasteiger partial charge < -0.3 is 9.88 Å². The average Bonchev–Trinajstić information content (AvgIpc) is 3.21. The molecule has 0 aliphatic carbocycles. The van der Waals surface area contributed by atoms with Crippen LogP contribution >= 0.6 is 0 Å². The molecule has 3 heterocycles. The number of anilines is 1. The third kappa shape index (κ3) is 4.41. The third-order valence-electron chi connectivity index (χ3n) is 5.83. The highest BCUT2D eigenvalue weighted by atomic mass is 16.2. The fraction of sp³-hybridized carbons (Fsp3) is 0.522. The molecule has 0 unspecified atom stereocenters. The number of nitrogens with zero attached hydrogens (tertiary/aromatic N) is 5. The first-order valence-corrected chi connectivity index (χ1v) is 10.9. The van der Waals surface area contributed by atoms with Crippen LogP contribution in [0.2, 0.25) is 0 Å². The van der Waals surface area contributed by atoms with Gasteiger partial charge in [-0.25, -0.2) is 4.98 Å². The number of likely N-dealkylation sites (tertiary alicyclic amines) is 1. The van der Waals surface area contributed by atoms with Crippen molar-refractivity contribution in [2.45, 2.75) is 46.1 Å². The maximum Gasteiger partial charge on any atom is 0.273 e. The van der Waals surface area contributed by atoms with E-state index in [4.69, 9.17) is 4.98 Å². The van der Waals surface area contributed by atoms with E-state index in [2.05, 4.69) is 40.8 Å². The largest absolute Gasteiger partial charge is 0.330 e. The van der Waals surface area contributed by atoms with Crippen LogP contribution in [0.25, 0.3) is 11.0 Å². The Morgan fingerprint density at radius 1 is 1.13 bits per heavy atom. The number of fused-ring (bicyclic) bond motifs is 1. The van der Waals surface area contributed by atoms with Gasteiger partial charge in [0.2, 0.25) is 0 Å². The van der Waals surface area contributed by atoms with E-state index >= 15 is 0 Å². The van der Waals surface area contributed by atoms with Crippen LogP contribution in [-0.4, -0.2) is 43.2 Å². The van der Waals surface area contributed by atoms with E-state index in [1.165, 1.54) is 19.3 Å². The van der Waals surface area contributed by atoms with E-state index in [0.29, 0.717) is 11.6 Å². The molecule has 4 rings (SSSR count). The van der Waals surface area contributed by atoms with Gasteiger partial charge in [0.1, 0.15) is 11.5 Å². The normalized spacial score (nSPS) is 15.2. The SMILES string of the molecule is CC(C)Cc1cc(C(=O)Nc2ccc3c(c2)nc(CN2CCCCC2)n3C)n(C)n1. The molecule has 7 nitrogen and oxygen atoms in total. The molecule has 1 fully saturated rings. The lowest BCUT2D eigenvalue weighted by Crippen LogP contribution is -2.30. The highest BCUT2D eigenvalue weighted by Gasteiger charge is 2.17. The molecule has 1 amide bonds. The predicted molar refractivity (Wildman–Crippen MR) is 120 cm³/mol. The fourth-order valence-electron chi connectivity index (χ4n) is 4.24. The molecule has 7 heteroatoms. The van der Waals surface area contributed by atoms with Gasteiger partial charge in [-0.1, -0.05) is 20.3 Å². The molecule has 1 saturated heterocycles. The van der Waals surface area contributed by atoms with Crippen molar-refractivity contribution < 1.29 is 4.79 Å². The van der Waals surface area contributed by atoms with E-state index in [1.807, 2.05) is 31.3 Å². The second-order valence-electron chi connectivity index (χ2n) is 8.82. The van der Waals surface area contributed by atoms with Gasteiger partial charge in [-0.05, 0) is 62.5 Å². The summed E-state index contributed by atoms with van der Waals surface area (Å²) in [5, 5.41) is 7.48. The molecule has 1 aliphatic heterocycles. The summed E-state index contributed by atoms with van der Waals surface area (Å²) in [7, 11) is 3.88. The summed E-state index contributed by atoms with van der Waals surface area (Å²) in [4.78, 5) is 20.1. The molecule has 3 aromatic rings. The zero-order valence-corrected chi connectivity index (χ0v) is 18.5. The maximum atomic E-state index is 12.8. The van der Waals surface area contributed by atoms with Gasteiger partial charge in [-0.2, -0.15) is 5.10 Å². The van der Waals surface area contributed by atoms with Crippen LogP contribution < -0.4 is 5.32 Å². The quantitative estimate of drug-likeness (QED) is 0.675. The molecule has 1 aliphatic rings. The van der Waals surface area contributed by atoms with E-state index in [-0.39, 0.29) is 5.91 Å². The smallest absolute Gasteiger partial charge is 0.273 e. The van der Waals surface area contributed by atoms with Gasteiger partial charge in [0.15, 0.2) is 0 Å². The molecule has 0 radical (unpaired) electrons. The molecule has 0 bridgehead atoms. The first-order chi connectivity index (χ1) is 14.4. The van der Waals surface area contributed by atoms with Crippen molar-refractivity contribution >= 4 is 22.6 Å². The van der Waals surface area contributed by atoms with Crippen molar-refractivity contribution in [1.29, 1.82) is 0 Å². The molecule has 160 valence electrons. The van der Waals surface area contributed by atoms with E-state index in [1.54, 1.807) is 4.68 Å². The second-order valence-corrected chi connectivity index (χ2v) is 8.82. The molecular formula is C23H32N6O. The number of nitrogens with one attached hydrogen (secondary N) is 1. The Hall–Kier alpha value is -2.67. The minimum atomic E-state index is -0.149. The molecule has 30 heavy (non-hydrogen) atoms. The topological polar surface area (TPSA) is 68.0 Å². The monoisotopic (exact) mass is 408 g/mol. The summed E-state index contributed by atoms with van der Waals surface area (Å²) in [6.07, 6.45) is 4.73. The summed E-state index contributed by atoms with van der Waals surface area (Å²) >= 11 is 0. The van der Waals surface area contributed by atoms with Gasteiger partial charge in [0.25, 0.3) is 5.91 Å². The lowest BCUT2D eigenvalue weighted by atomic mass is 10.1. The highest BCUT2D eigenvalue weighted by Crippen LogP contribution is 2.22. The number of rotatable bonds is 6. The number of hydrogen-bond acceptors (Lipinski definition) is 4. The van der Waals surface area contributed by atoms with Gasteiger partial charge in [-0.3, -0.25) is 14.4 Å². The number of aryl methyl sites for hydroxylation is 2. The third-order valence-corrected chi connectivity index (χ3v) is 5.83. The van der Waals surface area contributed by atoms with Crippen LogP contribution in [0.1, 0.15) is 55.1 Å². The Morgan fingerprint density at radius 2 is 1.90 bits per heavy atom. The number of hydrogen-bond donors (Lipinski definition) is 1. The lowest BCUT2D eigenvalue weighted by molar-refractivity contribution is 0.101. The van der Waals surface area contributed by atoms with Crippen molar-refractivity contribution in [3.05, 3.63) is 41.5 Å². The number of amides is 1. The predicted octanol–water partition coefficient (Wildman–Crippen LogP) is 3.74. The molecule has 1 aromatic carbocycles. The Labute approximate surface area is 178 Å². The van der Waals surface area contributed by atoms with Crippen LogP contribution in [0.15, 0.2) is 24.3 Å². The van der Waals surface area contributed by atoms with Gasteiger partial charge in [0, 0.05) is 19.8 Å². The van der Waals surface area contributed by atoms with Crippen LogP contribution in [0.3, 0.4) is 0 Å². The molecule has 0 saturated carbocycles. The first kappa shape index (κ1) is 20.6. The molecule has 0 spiro atoms. The molecule has 1 N–H and O–H groups in total. The van der Waals surface area contributed by atoms with E-state index in [0.717, 1.165) is 54.3 Å². The highest BCUT2D eigenvalue weighted by molar-refractivity contribution is 6.03. The molecular weight excluding hydrogens is 376 g/mol. The van der Waals surface area contributed by atoms with Crippen LogP contribution in [-0.2, 0) is 27.1 Å². The van der Waals surface area contributed by atoms with Crippen molar-refractivity contribution in [2.75, 3.05) is 18.4 Å². The summed E-state index contributed by atoms with van der Waals surface area (Å²) in [5.74, 6) is 1.42. The number of carbonyl (C=O) groups is 1. The second kappa shape index (κ2) is 8.60. The summed E-state index contributed by atoms with van der Waals surface area (Å²) in [6.45, 7) is 7.47. The van der Waals surface area contributed by atoms with Crippen molar-refractivity contribution in [1.82, 2.24) is 24.2 Å². The van der Waals surface area contributed by atoms with Gasteiger partial charge in [0.05, 0.1) is 23.3 Å². The fourth-order valence-corrected chi connectivity index (χ4v) is 4.24. The maximum absolute atomic E-state index is 12.8. The summed E-state index contributed by atoms with van der Waals surface area (Å²) < 4.78 is 3.82. The van der Waals surface area contributed by atoms with Crippen molar-refractivity contribution in [3.63, 3.8) is 0 Å². The molecule has 0 atom stereocenters. The average molecular weight is 409 g/mol. The van der Waals surface area contributed by atoms with Crippen molar-refractivity contribution in [3.8, 4) is 0 Å². The Kier molecular flexibility index (Phi) is 5.90. The van der Waals surface area contributed by atoms with Gasteiger partial charge in [-0.15, -0.1) is 0 Å². The van der Waals surface area contributed by atoms with Crippen LogP contribution in [0.5, 0.6) is 0 Å². The number of benzene rings is 1. The van der Waals surface area contributed by atoms with Gasteiger partial charge >= 0.3 is 0 Å². The van der Waals surface area contributed by atoms with Crippen molar-refractivity contribution in [2.24, 2.45) is 20.0 Å². The summed E-state index contributed by atoms with van der Waals surface area (Å²) in [6, 6.07) is 7.81. The minimum Gasteiger partial charge on any atom is -0.330 e. The Bertz CT molecular complexity index is 1040. The van der Waals surface area contributed by atoms with E-state index < -0.39 is 0 Å². The standard InChI is InChI=1S/C23H32N6O/c1-16(2)12-18-14-21(28(4)26-18)23(30)24-17-8-9-20-19(13-17)25-22(27(20)3)15-29-10-6-5-7-11-29/h8-9,13-14,16H,5-7,10-12,15H2,1-4H3,(H,24,30). The number of carbonyl (C=O) groups excluding carboxylic acids is 1. The first-order valence-electron chi connectivity index (χ1n) is 10.9. The van der Waals surface area contributed by atoms with Crippen LogP contribution in [0.4, 0.5) is 5.69 Å². The Morgan fingerprint density at radius 3 is 2.63 bits per heavy atom. The number of aromatic nitrogens is 4. The van der Waals surface area contributed by atoms with Crippen LogP contribution in [0, 0.1) is 5.92 Å². The zero-order valence-electron chi connectivity index (χ0n) is 18.5. The molecule has 2 aromatic heterocycles. The Balaban J connectivity index is 1.51. The van der Waals surface area contributed by atoms with E-state index in [9.17, 15) is 4.79 Å². The summed E-state index contributed by atoms with van der Waals surface area (Å²) in [5.41, 5.74) is 4.26. The lowest BCUT2D eigenvalue weighted by Gasteiger charge is -2.25.